The summed E-state index contributed by atoms with van der Waals surface area (Å²) in [5.74, 6) is 0.300. The zero-order chi connectivity index (χ0) is 14.1. The highest BCUT2D eigenvalue weighted by Gasteiger charge is 2.15. The maximum absolute atomic E-state index is 11.9. The molecular formula is C15H31N3O. The van der Waals surface area contributed by atoms with Crippen LogP contribution in [-0.2, 0) is 4.79 Å². The van der Waals surface area contributed by atoms with Gasteiger partial charge in [0.05, 0.1) is 0 Å². The predicted molar refractivity (Wildman–Crippen MR) is 80.3 cm³/mol. The first-order valence-electron chi connectivity index (χ1n) is 7.87. The minimum absolute atomic E-state index is 0.300. The summed E-state index contributed by atoms with van der Waals surface area (Å²) in [6, 6.07) is 0.650. The van der Waals surface area contributed by atoms with Gasteiger partial charge in [-0.3, -0.25) is 4.79 Å². The molecule has 0 saturated carbocycles. The molecule has 1 N–H and O–H groups in total. The molecule has 1 aliphatic rings. The molecule has 112 valence electrons. The average molecular weight is 269 g/mol. The first-order valence-corrected chi connectivity index (χ1v) is 7.87. The number of rotatable bonds is 8. The second-order valence-corrected chi connectivity index (χ2v) is 5.58. The van der Waals surface area contributed by atoms with Crippen LogP contribution in [0.3, 0.4) is 0 Å². The van der Waals surface area contributed by atoms with Crippen molar-refractivity contribution in [2.24, 2.45) is 0 Å². The van der Waals surface area contributed by atoms with E-state index in [2.05, 4.69) is 17.3 Å². The Morgan fingerprint density at radius 1 is 1.26 bits per heavy atom. The van der Waals surface area contributed by atoms with Gasteiger partial charge in [0.15, 0.2) is 0 Å². The van der Waals surface area contributed by atoms with E-state index in [1.165, 1.54) is 25.8 Å². The van der Waals surface area contributed by atoms with Crippen LogP contribution < -0.4 is 5.32 Å². The fourth-order valence-electron chi connectivity index (χ4n) is 2.78. The highest BCUT2D eigenvalue weighted by atomic mass is 16.2. The van der Waals surface area contributed by atoms with Gasteiger partial charge in [0.25, 0.3) is 0 Å². The molecule has 1 saturated heterocycles. The molecular weight excluding hydrogens is 238 g/mol. The van der Waals surface area contributed by atoms with Gasteiger partial charge in [-0.15, -0.1) is 0 Å². The minimum Gasteiger partial charge on any atom is -0.343 e. The van der Waals surface area contributed by atoms with Crippen LogP contribution in [0, 0.1) is 0 Å². The Kier molecular flexibility index (Phi) is 8.07. The van der Waals surface area contributed by atoms with Crippen LogP contribution in [0.15, 0.2) is 0 Å². The number of hydrogen-bond acceptors (Lipinski definition) is 3. The molecule has 0 aliphatic carbocycles. The van der Waals surface area contributed by atoms with E-state index < -0.39 is 0 Å². The Morgan fingerprint density at radius 2 is 2.00 bits per heavy atom. The van der Waals surface area contributed by atoms with Crippen molar-refractivity contribution in [3.63, 3.8) is 0 Å². The van der Waals surface area contributed by atoms with Gasteiger partial charge < -0.3 is 15.1 Å². The largest absolute Gasteiger partial charge is 0.343 e. The predicted octanol–water partition coefficient (Wildman–Crippen LogP) is 1.71. The Bertz CT molecular complexity index is 248. The quantitative estimate of drug-likeness (QED) is 0.728. The lowest BCUT2D eigenvalue weighted by molar-refractivity contribution is -0.130. The van der Waals surface area contributed by atoms with Crippen LogP contribution in [0.1, 0.15) is 46.0 Å². The van der Waals surface area contributed by atoms with Crippen LogP contribution in [0.2, 0.25) is 0 Å². The highest BCUT2D eigenvalue weighted by Crippen LogP contribution is 2.08. The number of piperidine rings is 1. The summed E-state index contributed by atoms with van der Waals surface area (Å²) in [5, 5.41) is 3.57. The number of likely N-dealkylation sites (N-methyl/N-ethyl adjacent to an activating group) is 1. The molecule has 0 aromatic heterocycles. The van der Waals surface area contributed by atoms with Crippen molar-refractivity contribution < 1.29 is 4.79 Å². The van der Waals surface area contributed by atoms with Crippen LogP contribution in [0.5, 0.6) is 0 Å². The molecule has 0 bridgehead atoms. The van der Waals surface area contributed by atoms with Crippen molar-refractivity contribution in [3.8, 4) is 0 Å². The fraction of sp³-hybridized carbons (Fsp3) is 0.933. The molecule has 0 spiro atoms. The number of carbonyl (C=O) groups is 1. The Morgan fingerprint density at radius 3 is 2.58 bits per heavy atom. The Balaban J connectivity index is 2.12. The molecule has 1 unspecified atom stereocenters. The molecule has 1 fully saturated rings. The first-order chi connectivity index (χ1) is 9.17. The minimum atomic E-state index is 0.300. The van der Waals surface area contributed by atoms with Crippen LogP contribution >= 0.6 is 0 Å². The van der Waals surface area contributed by atoms with E-state index in [0.29, 0.717) is 18.4 Å². The monoisotopic (exact) mass is 269 g/mol. The van der Waals surface area contributed by atoms with Gasteiger partial charge >= 0.3 is 0 Å². The SMILES string of the molecule is CCN(CC)C(=O)CCCN(C)CC1CCCCN1. The van der Waals surface area contributed by atoms with Crippen LogP contribution in [0.4, 0.5) is 0 Å². The van der Waals surface area contributed by atoms with Gasteiger partial charge in [-0.25, -0.2) is 0 Å². The third-order valence-corrected chi connectivity index (χ3v) is 3.99. The van der Waals surface area contributed by atoms with Gasteiger partial charge in [0.2, 0.25) is 5.91 Å². The second kappa shape index (κ2) is 9.32. The molecule has 1 atom stereocenters. The van der Waals surface area contributed by atoms with Crippen molar-refractivity contribution in [2.75, 3.05) is 39.8 Å². The smallest absolute Gasteiger partial charge is 0.222 e. The summed E-state index contributed by atoms with van der Waals surface area (Å²) in [7, 11) is 2.16. The lowest BCUT2D eigenvalue weighted by Crippen LogP contribution is -2.42. The van der Waals surface area contributed by atoms with Gasteiger partial charge in [0, 0.05) is 32.1 Å². The summed E-state index contributed by atoms with van der Waals surface area (Å²) in [5.41, 5.74) is 0. The molecule has 19 heavy (non-hydrogen) atoms. The van der Waals surface area contributed by atoms with Crippen molar-refractivity contribution in [1.82, 2.24) is 15.1 Å². The number of nitrogens with one attached hydrogen (secondary N) is 1. The lowest BCUT2D eigenvalue weighted by Gasteiger charge is -2.28. The first kappa shape index (κ1) is 16.4. The van der Waals surface area contributed by atoms with Gasteiger partial charge in [-0.2, -0.15) is 0 Å². The molecule has 1 amide bonds. The number of hydrogen-bond donors (Lipinski definition) is 1. The zero-order valence-corrected chi connectivity index (χ0v) is 13.0. The van der Waals surface area contributed by atoms with Gasteiger partial charge in [0.1, 0.15) is 0 Å². The number of nitrogens with zero attached hydrogens (tertiary/aromatic N) is 2. The highest BCUT2D eigenvalue weighted by molar-refractivity contribution is 5.76. The summed E-state index contributed by atoms with van der Waals surface area (Å²) in [6.07, 6.45) is 5.62. The van der Waals surface area contributed by atoms with E-state index in [9.17, 15) is 4.79 Å². The second-order valence-electron chi connectivity index (χ2n) is 5.58. The van der Waals surface area contributed by atoms with E-state index in [0.717, 1.165) is 32.6 Å². The third kappa shape index (κ3) is 6.39. The molecule has 1 heterocycles. The molecule has 0 aromatic rings. The van der Waals surface area contributed by atoms with Crippen molar-refractivity contribution in [1.29, 1.82) is 0 Å². The molecule has 1 rings (SSSR count). The summed E-state index contributed by atoms with van der Waals surface area (Å²) >= 11 is 0. The number of amides is 1. The van der Waals surface area contributed by atoms with Crippen LogP contribution in [0.25, 0.3) is 0 Å². The van der Waals surface area contributed by atoms with E-state index in [1.807, 2.05) is 18.7 Å². The fourth-order valence-corrected chi connectivity index (χ4v) is 2.78. The van der Waals surface area contributed by atoms with E-state index in [1.54, 1.807) is 0 Å². The Hall–Kier alpha value is -0.610. The van der Waals surface area contributed by atoms with Crippen molar-refractivity contribution in [3.05, 3.63) is 0 Å². The standard InChI is InChI=1S/C15H31N3O/c1-4-18(5-2)15(19)10-8-12-17(3)13-14-9-6-7-11-16-14/h14,16H,4-13H2,1-3H3. The molecule has 4 heteroatoms. The average Bonchev–Trinajstić information content (AvgIpc) is 2.41. The molecule has 0 aromatic carbocycles. The van der Waals surface area contributed by atoms with E-state index >= 15 is 0 Å². The Labute approximate surface area is 118 Å². The van der Waals surface area contributed by atoms with Crippen LogP contribution in [-0.4, -0.2) is 61.5 Å². The molecule has 1 aliphatic heterocycles. The molecule has 4 nitrogen and oxygen atoms in total. The summed E-state index contributed by atoms with van der Waals surface area (Å²) in [6.45, 7) is 9.04. The third-order valence-electron chi connectivity index (χ3n) is 3.99. The van der Waals surface area contributed by atoms with Gasteiger partial charge in [-0.1, -0.05) is 6.42 Å². The molecule has 0 radical (unpaired) electrons. The maximum atomic E-state index is 11.9. The number of carbonyl (C=O) groups excluding carboxylic acids is 1. The van der Waals surface area contributed by atoms with E-state index in [4.69, 9.17) is 0 Å². The lowest BCUT2D eigenvalue weighted by atomic mass is 10.0. The zero-order valence-electron chi connectivity index (χ0n) is 13.0. The van der Waals surface area contributed by atoms with Crippen molar-refractivity contribution >= 4 is 5.91 Å². The van der Waals surface area contributed by atoms with Crippen molar-refractivity contribution in [2.45, 2.75) is 52.0 Å². The summed E-state index contributed by atoms with van der Waals surface area (Å²) < 4.78 is 0. The normalized spacial score (nSPS) is 19.7. The summed E-state index contributed by atoms with van der Waals surface area (Å²) in [4.78, 5) is 16.2. The topological polar surface area (TPSA) is 35.6 Å². The van der Waals surface area contributed by atoms with Gasteiger partial charge in [-0.05, 0) is 53.2 Å². The van der Waals surface area contributed by atoms with E-state index in [-0.39, 0.29) is 0 Å². The maximum Gasteiger partial charge on any atom is 0.222 e.